The fourth-order valence-corrected chi connectivity index (χ4v) is 4.69. The lowest BCUT2D eigenvalue weighted by Crippen LogP contribution is -2.62. The summed E-state index contributed by atoms with van der Waals surface area (Å²) in [5.74, 6) is -0.171. The normalized spacial score (nSPS) is 22.6. The molecular formula is C23H32FN5. The van der Waals surface area contributed by atoms with Crippen LogP contribution in [0.1, 0.15) is 19.0 Å². The van der Waals surface area contributed by atoms with Crippen molar-refractivity contribution >= 4 is 5.69 Å². The quantitative estimate of drug-likeness (QED) is 0.811. The molecule has 0 aliphatic carbocycles. The molecule has 29 heavy (non-hydrogen) atoms. The maximum atomic E-state index is 13.3. The van der Waals surface area contributed by atoms with Gasteiger partial charge in [0.25, 0.3) is 0 Å². The summed E-state index contributed by atoms with van der Waals surface area (Å²) in [6, 6.07) is 14.0. The largest absolute Gasteiger partial charge is 0.369 e. The molecule has 2 fully saturated rings. The van der Waals surface area contributed by atoms with E-state index >= 15 is 0 Å². The Kier molecular flexibility index (Phi) is 6.74. The molecular weight excluding hydrogens is 365 g/mol. The summed E-state index contributed by atoms with van der Waals surface area (Å²) in [6.45, 7) is 10.5. The predicted octanol–water partition coefficient (Wildman–Crippen LogP) is 2.60. The van der Waals surface area contributed by atoms with Crippen LogP contribution in [0.2, 0.25) is 0 Å². The fraction of sp³-hybridized carbons (Fsp3) is 0.522. The molecule has 2 aliphatic heterocycles. The highest BCUT2D eigenvalue weighted by Gasteiger charge is 2.32. The molecule has 0 amide bonds. The van der Waals surface area contributed by atoms with Crippen molar-refractivity contribution in [3.8, 4) is 0 Å². The lowest BCUT2D eigenvalue weighted by molar-refractivity contribution is 0.0710. The first-order chi connectivity index (χ1) is 14.2. The van der Waals surface area contributed by atoms with Gasteiger partial charge in [0.1, 0.15) is 5.82 Å². The van der Waals surface area contributed by atoms with Crippen molar-refractivity contribution in [3.05, 3.63) is 60.2 Å². The number of anilines is 1. The van der Waals surface area contributed by atoms with Gasteiger partial charge in [-0.15, -0.1) is 0 Å². The topological polar surface area (TPSA) is 34.6 Å². The number of halogens is 1. The molecule has 2 aromatic rings. The Bertz CT molecular complexity index is 746. The Hall–Kier alpha value is -2.02. The monoisotopic (exact) mass is 397 g/mol. The molecule has 0 bridgehead atoms. The summed E-state index contributed by atoms with van der Waals surface area (Å²) in [5.41, 5.74) is 2.27. The van der Waals surface area contributed by atoms with Gasteiger partial charge in [0.15, 0.2) is 0 Å². The number of piperazine rings is 2. The van der Waals surface area contributed by atoms with Crippen molar-refractivity contribution in [2.24, 2.45) is 0 Å². The van der Waals surface area contributed by atoms with Crippen LogP contribution in [0, 0.1) is 5.82 Å². The van der Waals surface area contributed by atoms with Gasteiger partial charge in [-0.3, -0.25) is 14.8 Å². The van der Waals surface area contributed by atoms with Crippen molar-refractivity contribution in [1.29, 1.82) is 0 Å². The predicted molar refractivity (Wildman–Crippen MR) is 116 cm³/mol. The fourth-order valence-electron chi connectivity index (χ4n) is 4.69. The van der Waals surface area contributed by atoms with Crippen LogP contribution >= 0.6 is 0 Å². The van der Waals surface area contributed by atoms with E-state index in [-0.39, 0.29) is 5.82 Å². The maximum Gasteiger partial charge on any atom is 0.123 e. The first-order valence-electron chi connectivity index (χ1n) is 10.8. The molecule has 0 radical (unpaired) electrons. The zero-order valence-corrected chi connectivity index (χ0v) is 17.3. The number of aromatic nitrogens is 1. The zero-order chi connectivity index (χ0) is 20.1. The average Bonchev–Trinajstić information content (AvgIpc) is 2.77. The number of nitrogens with zero attached hydrogens (tertiary/aromatic N) is 4. The van der Waals surface area contributed by atoms with Crippen molar-refractivity contribution in [2.45, 2.75) is 32.0 Å². The minimum atomic E-state index is -0.171. The number of pyridine rings is 1. The summed E-state index contributed by atoms with van der Waals surface area (Å²) in [4.78, 5) is 12.0. The molecule has 1 aromatic carbocycles. The minimum absolute atomic E-state index is 0.171. The van der Waals surface area contributed by atoms with Gasteiger partial charge in [0.05, 0.1) is 5.69 Å². The number of rotatable bonds is 6. The second-order valence-electron chi connectivity index (χ2n) is 8.09. The molecule has 2 unspecified atom stereocenters. The van der Waals surface area contributed by atoms with Crippen molar-refractivity contribution in [2.75, 3.05) is 50.7 Å². The van der Waals surface area contributed by atoms with Crippen LogP contribution in [0.4, 0.5) is 10.1 Å². The minimum Gasteiger partial charge on any atom is -0.369 e. The molecule has 1 aromatic heterocycles. The van der Waals surface area contributed by atoms with Crippen LogP contribution in [-0.4, -0.2) is 72.7 Å². The molecule has 6 heteroatoms. The van der Waals surface area contributed by atoms with Crippen LogP contribution < -0.4 is 10.2 Å². The van der Waals surface area contributed by atoms with E-state index in [0.717, 1.165) is 70.2 Å². The third-order valence-corrected chi connectivity index (χ3v) is 6.27. The van der Waals surface area contributed by atoms with Gasteiger partial charge in [0, 0.05) is 76.3 Å². The summed E-state index contributed by atoms with van der Waals surface area (Å²) >= 11 is 0. The maximum absolute atomic E-state index is 13.3. The highest BCUT2D eigenvalue weighted by molar-refractivity contribution is 5.47. The van der Waals surface area contributed by atoms with Gasteiger partial charge in [0.2, 0.25) is 0 Å². The van der Waals surface area contributed by atoms with E-state index in [1.165, 1.54) is 0 Å². The van der Waals surface area contributed by atoms with E-state index in [9.17, 15) is 4.39 Å². The first kappa shape index (κ1) is 20.3. The standard InChI is InChI=1S/C23H32FN5/c1-2-23(22-18-29(12-11-26-22)21-8-6-19(24)7-9-21)28-15-13-27(14-16-28)17-20-5-3-4-10-25-20/h3-10,22-23,26H,2,11-18H2,1H3. The summed E-state index contributed by atoms with van der Waals surface area (Å²) in [7, 11) is 0. The molecule has 1 N–H and O–H groups in total. The van der Waals surface area contributed by atoms with Gasteiger partial charge in [-0.05, 0) is 42.8 Å². The molecule has 3 heterocycles. The van der Waals surface area contributed by atoms with Crippen LogP contribution in [-0.2, 0) is 6.54 Å². The molecule has 2 atom stereocenters. The Balaban J connectivity index is 1.33. The molecule has 0 spiro atoms. The third kappa shape index (κ3) is 5.13. The Labute approximate surface area is 173 Å². The number of hydrogen-bond acceptors (Lipinski definition) is 5. The van der Waals surface area contributed by atoms with E-state index in [0.29, 0.717) is 12.1 Å². The van der Waals surface area contributed by atoms with E-state index in [1.54, 1.807) is 12.1 Å². The van der Waals surface area contributed by atoms with Gasteiger partial charge in [-0.1, -0.05) is 13.0 Å². The van der Waals surface area contributed by atoms with Crippen LogP contribution in [0.25, 0.3) is 0 Å². The summed E-state index contributed by atoms with van der Waals surface area (Å²) < 4.78 is 13.3. The molecule has 2 aliphatic rings. The zero-order valence-electron chi connectivity index (χ0n) is 17.3. The van der Waals surface area contributed by atoms with Gasteiger partial charge in [-0.25, -0.2) is 4.39 Å². The molecule has 156 valence electrons. The molecule has 5 nitrogen and oxygen atoms in total. The van der Waals surface area contributed by atoms with Crippen molar-refractivity contribution in [3.63, 3.8) is 0 Å². The van der Waals surface area contributed by atoms with Crippen LogP contribution in [0.5, 0.6) is 0 Å². The molecule has 0 saturated carbocycles. The van der Waals surface area contributed by atoms with Gasteiger partial charge in [-0.2, -0.15) is 0 Å². The number of hydrogen-bond donors (Lipinski definition) is 1. The summed E-state index contributed by atoms with van der Waals surface area (Å²) in [6.07, 6.45) is 3.01. The number of benzene rings is 1. The third-order valence-electron chi connectivity index (χ3n) is 6.27. The SMILES string of the molecule is CCC(C1CN(c2ccc(F)cc2)CCN1)N1CCN(Cc2ccccn2)CC1. The van der Waals surface area contributed by atoms with Crippen LogP contribution in [0.3, 0.4) is 0 Å². The Morgan fingerprint density at radius 1 is 1.07 bits per heavy atom. The Morgan fingerprint density at radius 2 is 1.86 bits per heavy atom. The number of nitrogens with one attached hydrogen (secondary N) is 1. The lowest BCUT2D eigenvalue weighted by Gasteiger charge is -2.45. The van der Waals surface area contributed by atoms with Crippen molar-refractivity contribution in [1.82, 2.24) is 20.1 Å². The highest BCUT2D eigenvalue weighted by Crippen LogP contribution is 2.21. The van der Waals surface area contributed by atoms with E-state index in [1.807, 2.05) is 24.4 Å². The van der Waals surface area contributed by atoms with Gasteiger partial charge >= 0.3 is 0 Å². The van der Waals surface area contributed by atoms with E-state index < -0.39 is 0 Å². The lowest BCUT2D eigenvalue weighted by atomic mass is 9.99. The van der Waals surface area contributed by atoms with E-state index in [2.05, 4.69) is 44.1 Å². The Morgan fingerprint density at radius 3 is 2.55 bits per heavy atom. The van der Waals surface area contributed by atoms with Crippen molar-refractivity contribution < 1.29 is 4.39 Å². The van der Waals surface area contributed by atoms with Gasteiger partial charge < -0.3 is 10.2 Å². The molecule has 2 saturated heterocycles. The van der Waals surface area contributed by atoms with Crippen LogP contribution in [0.15, 0.2) is 48.7 Å². The smallest absolute Gasteiger partial charge is 0.123 e. The second kappa shape index (κ2) is 9.65. The first-order valence-corrected chi connectivity index (χ1v) is 10.8. The highest BCUT2D eigenvalue weighted by atomic mass is 19.1. The average molecular weight is 398 g/mol. The summed E-state index contributed by atoms with van der Waals surface area (Å²) in [5, 5.41) is 3.75. The molecule has 4 rings (SSSR count). The second-order valence-corrected chi connectivity index (χ2v) is 8.09. The van der Waals surface area contributed by atoms with E-state index in [4.69, 9.17) is 0 Å².